The van der Waals surface area contributed by atoms with E-state index in [1.165, 1.54) is 0 Å². The Labute approximate surface area is 119 Å². The molecule has 0 saturated heterocycles. The summed E-state index contributed by atoms with van der Waals surface area (Å²) in [5.74, 6) is -0.685. The fourth-order valence-electron chi connectivity index (χ4n) is 1.71. The van der Waals surface area contributed by atoms with Crippen LogP contribution in [0.2, 0.25) is 5.15 Å². The number of carbonyl (C=O) groups excluding carboxylic acids is 1. The summed E-state index contributed by atoms with van der Waals surface area (Å²) < 4.78 is 44.4. The smallest absolute Gasteiger partial charge is 0.369 e. The minimum Gasteiger partial charge on any atom is -0.369 e. The van der Waals surface area contributed by atoms with Gasteiger partial charge in [0.1, 0.15) is 11.8 Å². The summed E-state index contributed by atoms with van der Waals surface area (Å²) in [6, 6.07) is 0. The average Bonchev–Trinajstić information content (AvgIpc) is 2.60. The summed E-state index contributed by atoms with van der Waals surface area (Å²) in [6.07, 6.45) is -5.18. The number of hydrogen-bond acceptors (Lipinski definition) is 3. The van der Waals surface area contributed by atoms with Crippen LogP contribution in [-0.2, 0) is 22.8 Å². The van der Waals surface area contributed by atoms with Crippen LogP contribution in [0.3, 0.4) is 0 Å². The highest BCUT2D eigenvalue weighted by Gasteiger charge is 2.40. The van der Waals surface area contributed by atoms with Gasteiger partial charge in [0.05, 0.1) is 0 Å². The third-order valence-corrected chi connectivity index (χ3v) is 2.82. The molecule has 1 atom stereocenters. The Morgan fingerprint density at radius 1 is 1.50 bits per heavy atom. The maximum atomic E-state index is 12.9. The molecular weight excluding hydrogens is 299 g/mol. The Morgan fingerprint density at radius 3 is 2.55 bits per heavy atom. The number of aryl methyl sites for hydroxylation is 1. The Bertz CT molecular complexity index is 488. The molecule has 20 heavy (non-hydrogen) atoms. The number of ether oxygens (including phenoxy) is 1. The number of anilines is 1. The van der Waals surface area contributed by atoms with E-state index in [0.29, 0.717) is 11.1 Å². The van der Waals surface area contributed by atoms with Crippen molar-refractivity contribution in [2.75, 3.05) is 11.9 Å². The minimum absolute atomic E-state index is 0.277. The molecule has 1 N–H and O–H groups in total. The fourth-order valence-corrected chi connectivity index (χ4v) is 1.96. The number of hydrogen-bond donors (Lipinski definition) is 1. The maximum absolute atomic E-state index is 12.9. The first-order valence-electron chi connectivity index (χ1n) is 5.94. The molecular formula is C11H15ClF3N3O2. The van der Waals surface area contributed by atoms with Crippen LogP contribution in [0.4, 0.5) is 18.9 Å². The van der Waals surface area contributed by atoms with Crippen molar-refractivity contribution in [3.05, 3.63) is 10.8 Å². The molecule has 0 fully saturated rings. The number of nitrogens with zero attached hydrogens (tertiary/aromatic N) is 2. The summed E-state index contributed by atoms with van der Waals surface area (Å²) in [7, 11) is 1.10. The zero-order valence-electron chi connectivity index (χ0n) is 11.2. The molecule has 0 spiro atoms. The molecule has 0 radical (unpaired) electrons. The third kappa shape index (κ3) is 3.63. The van der Waals surface area contributed by atoms with Crippen LogP contribution in [0, 0.1) is 0 Å². The van der Waals surface area contributed by atoms with Gasteiger partial charge in [-0.3, -0.25) is 9.48 Å². The Hall–Kier alpha value is -1.28. The van der Waals surface area contributed by atoms with Crippen LogP contribution >= 0.6 is 11.6 Å². The second kappa shape index (κ2) is 6.45. The Morgan fingerprint density at radius 2 is 2.10 bits per heavy atom. The van der Waals surface area contributed by atoms with Crippen molar-refractivity contribution in [2.24, 2.45) is 7.05 Å². The fraction of sp³-hybridized carbons (Fsp3) is 0.636. The molecule has 1 rings (SSSR count). The highest BCUT2D eigenvalue weighted by atomic mass is 35.5. The molecule has 0 bridgehead atoms. The van der Waals surface area contributed by atoms with Crippen LogP contribution in [0.15, 0.2) is 0 Å². The third-order valence-electron chi connectivity index (χ3n) is 2.55. The highest BCUT2D eigenvalue weighted by Crippen LogP contribution is 2.38. The van der Waals surface area contributed by atoms with E-state index >= 15 is 0 Å². The highest BCUT2D eigenvalue weighted by molar-refractivity contribution is 6.32. The summed E-state index contributed by atoms with van der Waals surface area (Å²) in [4.78, 5) is 11.9. The van der Waals surface area contributed by atoms with E-state index in [4.69, 9.17) is 16.3 Å². The van der Waals surface area contributed by atoms with Gasteiger partial charge >= 0.3 is 6.18 Å². The van der Waals surface area contributed by atoms with E-state index < -0.39 is 34.7 Å². The molecule has 0 aliphatic rings. The lowest BCUT2D eigenvalue weighted by molar-refractivity contribution is -0.143. The summed E-state index contributed by atoms with van der Waals surface area (Å²) in [5.41, 5.74) is -1.66. The van der Waals surface area contributed by atoms with Crippen LogP contribution < -0.4 is 5.32 Å². The minimum atomic E-state index is -4.68. The van der Waals surface area contributed by atoms with Crippen molar-refractivity contribution in [1.29, 1.82) is 0 Å². The monoisotopic (exact) mass is 313 g/mol. The zero-order valence-corrected chi connectivity index (χ0v) is 12.0. The number of alkyl halides is 3. The van der Waals surface area contributed by atoms with Crippen molar-refractivity contribution in [2.45, 2.75) is 32.5 Å². The molecule has 5 nitrogen and oxygen atoms in total. The first-order chi connectivity index (χ1) is 9.22. The van der Waals surface area contributed by atoms with Gasteiger partial charge in [0.15, 0.2) is 10.8 Å². The predicted octanol–water partition coefficient (Wildman–Crippen LogP) is 2.85. The average molecular weight is 314 g/mol. The summed E-state index contributed by atoms with van der Waals surface area (Å²) in [6.45, 7) is 3.66. The largest absolute Gasteiger partial charge is 0.435 e. The van der Waals surface area contributed by atoms with Gasteiger partial charge in [-0.2, -0.15) is 18.3 Å². The van der Waals surface area contributed by atoms with Crippen molar-refractivity contribution < 1.29 is 22.7 Å². The molecule has 114 valence electrons. The van der Waals surface area contributed by atoms with Gasteiger partial charge in [-0.15, -0.1) is 0 Å². The van der Waals surface area contributed by atoms with Gasteiger partial charge in [-0.05, 0) is 13.3 Å². The SMILES string of the molecule is CCOC(CC)C(=O)Nc1c(Cl)nn(C)c1C(F)(F)F. The van der Waals surface area contributed by atoms with Crippen LogP contribution in [0.25, 0.3) is 0 Å². The molecule has 0 aromatic carbocycles. The van der Waals surface area contributed by atoms with Crippen molar-refractivity contribution >= 4 is 23.2 Å². The molecule has 1 amide bonds. The molecule has 1 unspecified atom stereocenters. The zero-order chi connectivity index (χ0) is 15.5. The van der Waals surface area contributed by atoms with Crippen molar-refractivity contribution in [3.8, 4) is 0 Å². The molecule has 0 aliphatic carbocycles. The number of nitrogens with one attached hydrogen (secondary N) is 1. The van der Waals surface area contributed by atoms with E-state index in [2.05, 4.69) is 10.4 Å². The van der Waals surface area contributed by atoms with Crippen molar-refractivity contribution in [3.63, 3.8) is 0 Å². The van der Waals surface area contributed by atoms with E-state index in [9.17, 15) is 18.0 Å². The van der Waals surface area contributed by atoms with Crippen LogP contribution in [0.5, 0.6) is 0 Å². The lowest BCUT2D eigenvalue weighted by Crippen LogP contribution is -2.30. The van der Waals surface area contributed by atoms with Gasteiger partial charge in [0, 0.05) is 13.7 Å². The van der Waals surface area contributed by atoms with Gasteiger partial charge in [0.25, 0.3) is 5.91 Å². The Balaban J connectivity index is 3.06. The van der Waals surface area contributed by atoms with Gasteiger partial charge in [-0.1, -0.05) is 18.5 Å². The molecule has 0 aliphatic heterocycles. The molecule has 1 heterocycles. The molecule has 0 saturated carbocycles. The van der Waals surface area contributed by atoms with Crippen LogP contribution in [-0.4, -0.2) is 28.4 Å². The number of aromatic nitrogens is 2. The quantitative estimate of drug-likeness (QED) is 0.909. The second-order valence-electron chi connectivity index (χ2n) is 3.98. The molecule has 1 aromatic rings. The van der Waals surface area contributed by atoms with E-state index in [1.54, 1.807) is 13.8 Å². The molecule has 1 aromatic heterocycles. The van der Waals surface area contributed by atoms with Crippen LogP contribution in [0.1, 0.15) is 26.0 Å². The second-order valence-corrected chi connectivity index (χ2v) is 4.34. The number of halogens is 4. The van der Waals surface area contributed by atoms with Gasteiger partial charge < -0.3 is 10.1 Å². The van der Waals surface area contributed by atoms with Gasteiger partial charge in [0.2, 0.25) is 0 Å². The first-order valence-corrected chi connectivity index (χ1v) is 6.32. The molecule has 9 heteroatoms. The topological polar surface area (TPSA) is 56.1 Å². The summed E-state index contributed by atoms with van der Waals surface area (Å²) >= 11 is 5.64. The maximum Gasteiger partial charge on any atom is 0.435 e. The summed E-state index contributed by atoms with van der Waals surface area (Å²) in [5, 5.41) is 5.19. The first kappa shape index (κ1) is 16.8. The Kier molecular flexibility index (Phi) is 5.41. The van der Waals surface area contributed by atoms with E-state index in [-0.39, 0.29) is 6.61 Å². The normalized spacial score (nSPS) is 13.3. The van der Waals surface area contributed by atoms with E-state index in [0.717, 1.165) is 7.05 Å². The number of amides is 1. The van der Waals surface area contributed by atoms with E-state index in [1.807, 2.05) is 0 Å². The lowest BCUT2D eigenvalue weighted by atomic mass is 10.2. The lowest BCUT2D eigenvalue weighted by Gasteiger charge is -2.16. The number of carbonyl (C=O) groups is 1. The predicted molar refractivity (Wildman–Crippen MR) is 67.6 cm³/mol. The standard InChI is InChI=1S/C11H15ClF3N3O2/c1-4-6(20-5-2)10(19)16-7-8(11(13,14)15)18(3)17-9(7)12/h6H,4-5H2,1-3H3,(H,16,19). The van der Waals surface area contributed by atoms with Gasteiger partial charge in [-0.25, -0.2) is 0 Å². The number of rotatable bonds is 5. The van der Waals surface area contributed by atoms with Crippen molar-refractivity contribution in [1.82, 2.24) is 9.78 Å².